The van der Waals surface area contributed by atoms with E-state index in [-0.39, 0.29) is 23.6 Å². The number of carbonyl (C=O) groups is 2. The Bertz CT molecular complexity index is 515. The number of guanidine groups is 1. The predicted molar refractivity (Wildman–Crippen MR) is 61.8 cm³/mol. The average molecular weight is 253 g/mol. The number of hydrogen-bond donors (Lipinski definition) is 1. The molecule has 1 aliphatic heterocycles. The van der Waals surface area contributed by atoms with E-state index in [1.54, 1.807) is 11.9 Å². The van der Waals surface area contributed by atoms with Crippen molar-refractivity contribution in [2.24, 2.45) is 4.99 Å². The van der Waals surface area contributed by atoms with Gasteiger partial charge in [-0.3, -0.25) is 14.9 Å². The number of halogens is 1. The summed E-state index contributed by atoms with van der Waals surface area (Å²) in [6.45, 7) is 0.198. The van der Waals surface area contributed by atoms with Crippen molar-refractivity contribution in [3.05, 3.63) is 29.0 Å². The van der Waals surface area contributed by atoms with Gasteiger partial charge in [0.15, 0.2) is 0 Å². The van der Waals surface area contributed by atoms with Crippen LogP contribution in [0.3, 0.4) is 0 Å². The highest BCUT2D eigenvalue weighted by atomic mass is 35.5. The van der Waals surface area contributed by atoms with Crippen LogP contribution < -0.4 is 5.32 Å². The van der Waals surface area contributed by atoms with Gasteiger partial charge in [0.1, 0.15) is 5.15 Å². The van der Waals surface area contributed by atoms with Crippen molar-refractivity contribution in [3.63, 3.8) is 0 Å². The SMILES string of the molecule is CN1CC(=O)NC1=NC(=O)c1ccnc(Cl)c1. The van der Waals surface area contributed by atoms with Crippen molar-refractivity contribution in [2.45, 2.75) is 0 Å². The summed E-state index contributed by atoms with van der Waals surface area (Å²) in [5.41, 5.74) is 0.326. The molecule has 17 heavy (non-hydrogen) atoms. The van der Waals surface area contributed by atoms with E-state index in [0.29, 0.717) is 5.56 Å². The number of nitrogens with one attached hydrogen (secondary N) is 1. The van der Waals surface area contributed by atoms with Crippen LogP contribution in [0.2, 0.25) is 5.15 Å². The molecule has 1 fully saturated rings. The molecule has 1 N–H and O–H groups in total. The molecule has 0 atom stereocenters. The average Bonchev–Trinajstić information content (AvgIpc) is 2.57. The minimum absolute atomic E-state index is 0.188. The summed E-state index contributed by atoms with van der Waals surface area (Å²) in [5.74, 6) is -0.418. The van der Waals surface area contributed by atoms with Crippen molar-refractivity contribution in [1.29, 1.82) is 0 Å². The Labute approximate surface area is 102 Å². The van der Waals surface area contributed by atoms with Gasteiger partial charge in [-0.25, -0.2) is 4.98 Å². The quantitative estimate of drug-likeness (QED) is 0.729. The van der Waals surface area contributed by atoms with Crippen LogP contribution in [0.25, 0.3) is 0 Å². The second-order valence-electron chi connectivity index (χ2n) is 3.51. The Kier molecular flexibility index (Phi) is 3.06. The molecule has 0 bridgehead atoms. The van der Waals surface area contributed by atoms with Gasteiger partial charge in [-0.1, -0.05) is 11.6 Å². The molecule has 0 radical (unpaired) electrons. The molecule has 1 aliphatic rings. The lowest BCUT2D eigenvalue weighted by atomic mass is 10.2. The van der Waals surface area contributed by atoms with Crippen LogP contribution >= 0.6 is 11.6 Å². The number of amides is 2. The number of carbonyl (C=O) groups excluding carboxylic acids is 2. The Morgan fingerprint density at radius 3 is 3.00 bits per heavy atom. The number of rotatable bonds is 1. The predicted octanol–water partition coefficient (Wildman–Crippen LogP) is 0.293. The zero-order chi connectivity index (χ0) is 12.4. The molecule has 0 unspecified atom stereocenters. The fourth-order valence-electron chi connectivity index (χ4n) is 1.36. The summed E-state index contributed by atoms with van der Waals surface area (Å²) < 4.78 is 0. The van der Waals surface area contributed by atoms with E-state index in [2.05, 4.69) is 15.3 Å². The summed E-state index contributed by atoms with van der Waals surface area (Å²) in [4.78, 5) is 31.9. The Balaban J connectivity index is 2.22. The molecule has 0 aromatic carbocycles. The maximum Gasteiger partial charge on any atom is 0.280 e. The molecule has 2 heterocycles. The van der Waals surface area contributed by atoms with Gasteiger partial charge >= 0.3 is 0 Å². The molecule has 1 aromatic heterocycles. The third kappa shape index (κ3) is 2.59. The van der Waals surface area contributed by atoms with Crippen molar-refractivity contribution >= 4 is 29.4 Å². The summed E-state index contributed by atoms with van der Waals surface area (Å²) in [6.07, 6.45) is 1.42. The van der Waals surface area contributed by atoms with Crippen molar-refractivity contribution in [2.75, 3.05) is 13.6 Å². The Morgan fingerprint density at radius 2 is 2.41 bits per heavy atom. The van der Waals surface area contributed by atoms with E-state index in [4.69, 9.17) is 11.6 Å². The van der Waals surface area contributed by atoms with E-state index in [1.807, 2.05) is 0 Å². The van der Waals surface area contributed by atoms with E-state index >= 15 is 0 Å². The number of hydrogen-bond acceptors (Lipinski definition) is 3. The third-order valence-electron chi connectivity index (χ3n) is 2.17. The first-order valence-corrected chi connectivity index (χ1v) is 5.19. The molecule has 0 aliphatic carbocycles. The standard InChI is InChI=1S/C10H9ClN4O2/c1-15-5-8(16)13-10(15)14-9(17)6-2-3-12-7(11)4-6/h2-4H,5H2,1H3,(H,13,14,16,17). The minimum Gasteiger partial charge on any atom is -0.336 e. The topological polar surface area (TPSA) is 74.7 Å². The maximum atomic E-state index is 11.8. The largest absolute Gasteiger partial charge is 0.336 e. The molecule has 0 saturated carbocycles. The number of nitrogens with zero attached hydrogens (tertiary/aromatic N) is 3. The normalized spacial score (nSPS) is 17.4. The van der Waals surface area contributed by atoms with Crippen LogP contribution in [0, 0.1) is 0 Å². The highest BCUT2D eigenvalue weighted by Crippen LogP contribution is 2.08. The van der Waals surface area contributed by atoms with Crippen LogP contribution in [0.1, 0.15) is 10.4 Å². The Morgan fingerprint density at radius 1 is 1.65 bits per heavy atom. The highest BCUT2D eigenvalue weighted by molar-refractivity contribution is 6.29. The van der Waals surface area contributed by atoms with Gasteiger partial charge < -0.3 is 4.90 Å². The van der Waals surface area contributed by atoms with Gasteiger partial charge in [-0.05, 0) is 12.1 Å². The lowest BCUT2D eigenvalue weighted by molar-refractivity contribution is -0.118. The first-order chi connectivity index (χ1) is 8.06. The fourth-order valence-corrected chi connectivity index (χ4v) is 1.53. The van der Waals surface area contributed by atoms with Gasteiger partial charge in [0.2, 0.25) is 11.9 Å². The molecule has 6 nitrogen and oxygen atoms in total. The fraction of sp³-hybridized carbons (Fsp3) is 0.200. The molecule has 88 valence electrons. The maximum absolute atomic E-state index is 11.8. The number of aromatic nitrogens is 1. The first kappa shape index (κ1) is 11.5. The molecule has 1 aromatic rings. The van der Waals surface area contributed by atoms with E-state index in [1.165, 1.54) is 18.3 Å². The number of pyridine rings is 1. The molecule has 0 spiro atoms. The molecule has 2 amide bonds. The second-order valence-corrected chi connectivity index (χ2v) is 3.90. The van der Waals surface area contributed by atoms with E-state index < -0.39 is 5.91 Å². The van der Waals surface area contributed by atoms with Gasteiger partial charge in [-0.15, -0.1) is 0 Å². The van der Waals surface area contributed by atoms with Crippen LogP contribution in [0.5, 0.6) is 0 Å². The zero-order valence-electron chi connectivity index (χ0n) is 8.98. The molecular weight excluding hydrogens is 244 g/mol. The van der Waals surface area contributed by atoms with Crippen LogP contribution in [-0.4, -0.2) is 41.3 Å². The lowest BCUT2D eigenvalue weighted by Crippen LogP contribution is -2.28. The van der Waals surface area contributed by atoms with Crippen LogP contribution in [0.15, 0.2) is 23.3 Å². The first-order valence-electron chi connectivity index (χ1n) is 4.82. The molecule has 1 saturated heterocycles. The van der Waals surface area contributed by atoms with Gasteiger partial charge in [0.25, 0.3) is 5.91 Å². The zero-order valence-corrected chi connectivity index (χ0v) is 9.73. The third-order valence-corrected chi connectivity index (χ3v) is 2.38. The summed E-state index contributed by atoms with van der Waals surface area (Å²) in [6, 6.07) is 2.93. The summed E-state index contributed by atoms with van der Waals surface area (Å²) in [5, 5.41) is 2.71. The van der Waals surface area contributed by atoms with Crippen molar-refractivity contribution in [1.82, 2.24) is 15.2 Å². The van der Waals surface area contributed by atoms with Crippen molar-refractivity contribution < 1.29 is 9.59 Å². The van der Waals surface area contributed by atoms with Crippen molar-refractivity contribution in [3.8, 4) is 0 Å². The van der Waals surface area contributed by atoms with E-state index in [0.717, 1.165) is 0 Å². The Hall–Kier alpha value is -1.95. The minimum atomic E-state index is -0.474. The van der Waals surface area contributed by atoms with Gasteiger partial charge in [0, 0.05) is 18.8 Å². The van der Waals surface area contributed by atoms with Gasteiger partial charge in [0.05, 0.1) is 6.54 Å². The van der Waals surface area contributed by atoms with Crippen LogP contribution in [-0.2, 0) is 4.79 Å². The smallest absolute Gasteiger partial charge is 0.280 e. The summed E-state index contributed by atoms with van der Waals surface area (Å²) in [7, 11) is 1.67. The lowest BCUT2D eigenvalue weighted by Gasteiger charge is -2.07. The highest BCUT2D eigenvalue weighted by Gasteiger charge is 2.22. The summed E-state index contributed by atoms with van der Waals surface area (Å²) >= 11 is 5.67. The molecular formula is C10H9ClN4O2. The van der Waals surface area contributed by atoms with Crippen LogP contribution in [0.4, 0.5) is 0 Å². The van der Waals surface area contributed by atoms with Gasteiger partial charge in [-0.2, -0.15) is 4.99 Å². The number of likely N-dealkylation sites (N-methyl/N-ethyl adjacent to an activating group) is 1. The van der Waals surface area contributed by atoms with E-state index in [9.17, 15) is 9.59 Å². The number of aliphatic imine (C=N–C) groups is 1. The molecule has 7 heteroatoms. The second kappa shape index (κ2) is 4.50. The monoisotopic (exact) mass is 252 g/mol. The molecule has 2 rings (SSSR count).